The van der Waals surface area contributed by atoms with E-state index in [-0.39, 0.29) is 22.2 Å². The molecule has 0 aromatic heterocycles. The third-order valence-electron chi connectivity index (χ3n) is 5.16. The number of piperidine rings is 1. The SMILES string of the molecule is COc1ccc(C)cc1S(=O)(=O)C1CS(=O)(=O)CC1N1CCCCC1. The van der Waals surface area contributed by atoms with Gasteiger partial charge in [-0.2, -0.15) is 0 Å². The van der Waals surface area contributed by atoms with Crippen LogP contribution in [0.4, 0.5) is 0 Å². The van der Waals surface area contributed by atoms with Gasteiger partial charge < -0.3 is 4.74 Å². The van der Waals surface area contributed by atoms with E-state index in [0.29, 0.717) is 0 Å². The van der Waals surface area contributed by atoms with Crippen LogP contribution in [-0.2, 0) is 19.7 Å². The largest absolute Gasteiger partial charge is 0.495 e. The summed E-state index contributed by atoms with van der Waals surface area (Å²) in [5.41, 5.74) is 0.801. The van der Waals surface area contributed by atoms with Crippen LogP contribution < -0.4 is 4.74 Å². The van der Waals surface area contributed by atoms with Gasteiger partial charge in [0.25, 0.3) is 0 Å². The zero-order chi connectivity index (χ0) is 18.2. The normalized spacial score (nSPS) is 27.3. The molecule has 8 heteroatoms. The molecule has 3 rings (SSSR count). The molecular weight excluding hydrogens is 362 g/mol. The molecule has 6 nitrogen and oxygen atoms in total. The summed E-state index contributed by atoms with van der Waals surface area (Å²) in [6, 6.07) is 4.51. The summed E-state index contributed by atoms with van der Waals surface area (Å²) in [5.74, 6) is -0.120. The van der Waals surface area contributed by atoms with E-state index in [1.807, 2.05) is 6.92 Å². The molecule has 2 atom stereocenters. The lowest BCUT2D eigenvalue weighted by Gasteiger charge is -2.34. The van der Waals surface area contributed by atoms with Crippen molar-refractivity contribution in [2.24, 2.45) is 0 Å². The van der Waals surface area contributed by atoms with Crippen molar-refractivity contribution in [2.75, 3.05) is 31.7 Å². The van der Waals surface area contributed by atoms with Gasteiger partial charge in [0.15, 0.2) is 19.7 Å². The van der Waals surface area contributed by atoms with E-state index in [2.05, 4.69) is 4.90 Å². The molecule has 2 aliphatic rings. The molecular formula is C17H25NO5S2. The first kappa shape index (κ1) is 18.7. The molecule has 0 saturated carbocycles. The summed E-state index contributed by atoms with van der Waals surface area (Å²) in [4.78, 5) is 2.15. The van der Waals surface area contributed by atoms with E-state index in [1.165, 1.54) is 7.11 Å². The summed E-state index contributed by atoms with van der Waals surface area (Å²) in [5, 5.41) is -0.939. The molecule has 0 bridgehead atoms. The minimum Gasteiger partial charge on any atom is -0.495 e. The molecule has 140 valence electrons. The lowest BCUT2D eigenvalue weighted by molar-refractivity contribution is 0.178. The van der Waals surface area contributed by atoms with Gasteiger partial charge in [-0.3, -0.25) is 4.90 Å². The predicted molar refractivity (Wildman–Crippen MR) is 96.6 cm³/mol. The van der Waals surface area contributed by atoms with Gasteiger partial charge >= 0.3 is 0 Å². The smallest absolute Gasteiger partial charge is 0.187 e. The lowest BCUT2D eigenvalue weighted by Crippen LogP contribution is -2.48. The number of aryl methyl sites for hydroxylation is 1. The molecule has 1 aromatic rings. The highest BCUT2D eigenvalue weighted by molar-refractivity contribution is 7.96. The summed E-state index contributed by atoms with van der Waals surface area (Å²) in [7, 11) is -5.77. The maximum atomic E-state index is 13.3. The van der Waals surface area contributed by atoms with E-state index in [9.17, 15) is 16.8 Å². The van der Waals surface area contributed by atoms with Gasteiger partial charge in [-0.25, -0.2) is 16.8 Å². The third kappa shape index (κ3) is 3.71. The highest BCUT2D eigenvalue weighted by Crippen LogP contribution is 2.34. The fourth-order valence-electron chi connectivity index (χ4n) is 3.85. The molecule has 0 N–H and O–H groups in total. The van der Waals surface area contributed by atoms with Crippen molar-refractivity contribution in [3.8, 4) is 5.75 Å². The molecule has 2 saturated heterocycles. The Morgan fingerprint density at radius 3 is 2.44 bits per heavy atom. The second-order valence-electron chi connectivity index (χ2n) is 6.98. The minimum atomic E-state index is -3.82. The van der Waals surface area contributed by atoms with Crippen molar-refractivity contribution >= 4 is 19.7 Å². The lowest BCUT2D eigenvalue weighted by atomic mass is 10.1. The van der Waals surface area contributed by atoms with E-state index >= 15 is 0 Å². The number of hydrogen-bond acceptors (Lipinski definition) is 6. The van der Waals surface area contributed by atoms with Gasteiger partial charge in [0, 0.05) is 6.04 Å². The van der Waals surface area contributed by atoms with Crippen LogP contribution in [0.2, 0.25) is 0 Å². The quantitative estimate of drug-likeness (QED) is 0.777. The number of sulfone groups is 2. The Bertz CT molecular complexity index is 842. The van der Waals surface area contributed by atoms with E-state index in [4.69, 9.17) is 4.74 Å². The Kier molecular flexibility index (Phi) is 5.14. The monoisotopic (exact) mass is 387 g/mol. The molecule has 2 aliphatic heterocycles. The van der Waals surface area contributed by atoms with Gasteiger partial charge in [-0.15, -0.1) is 0 Å². The predicted octanol–water partition coefficient (Wildman–Crippen LogP) is 1.43. The number of benzene rings is 1. The zero-order valence-corrected chi connectivity index (χ0v) is 16.3. The van der Waals surface area contributed by atoms with Crippen LogP contribution in [0.25, 0.3) is 0 Å². The summed E-state index contributed by atoms with van der Waals surface area (Å²) in [6.07, 6.45) is 3.08. The first-order valence-electron chi connectivity index (χ1n) is 8.57. The summed E-state index contributed by atoms with van der Waals surface area (Å²) in [6.45, 7) is 3.33. The molecule has 25 heavy (non-hydrogen) atoms. The number of ether oxygens (including phenoxy) is 1. The standard InChI is InChI=1S/C17H25NO5S2/c1-13-6-7-15(23-2)16(10-13)25(21,22)17-12-24(19,20)11-14(17)18-8-4-3-5-9-18/h6-7,10,14,17H,3-5,8-9,11-12H2,1-2H3. The Labute approximate surface area is 150 Å². The van der Waals surface area contributed by atoms with Crippen LogP contribution in [0.5, 0.6) is 5.75 Å². The zero-order valence-electron chi connectivity index (χ0n) is 14.6. The highest BCUT2D eigenvalue weighted by Gasteiger charge is 2.49. The maximum absolute atomic E-state index is 13.3. The van der Waals surface area contributed by atoms with Crippen molar-refractivity contribution in [1.82, 2.24) is 4.90 Å². The van der Waals surface area contributed by atoms with Gasteiger partial charge in [0.1, 0.15) is 10.6 Å². The number of nitrogens with zero attached hydrogens (tertiary/aromatic N) is 1. The topological polar surface area (TPSA) is 80.8 Å². The van der Waals surface area contributed by atoms with Crippen molar-refractivity contribution in [1.29, 1.82) is 0 Å². The number of hydrogen-bond donors (Lipinski definition) is 0. The summed E-state index contributed by atoms with van der Waals surface area (Å²) < 4.78 is 56.5. The second-order valence-corrected chi connectivity index (χ2v) is 11.3. The minimum absolute atomic E-state index is 0.0783. The Hall–Kier alpha value is -1.12. The third-order valence-corrected chi connectivity index (χ3v) is 9.29. The Morgan fingerprint density at radius 2 is 1.80 bits per heavy atom. The molecule has 2 unspecified atom stereocenters. The highest BCUT2D eigenvalue weighted by atomic mass is 32.2. The molecule has 0 spiro atoms. The molecule has 0 radical (unpaired) electrons. The molecule has 2 heterocycles. The Morgan fingerprint density at radius 1 is 1.12 bits per heavy atom. The number of likely N-dealkylation sites (tertiary alicyclic amines) is 1. The first-order valence-corrected chi connectivity index (χ1v) is 11.9. The van der Waals surface area contributed by atoms with Crippen LogP contribution in [0.15, 0.2) is 23.1 Å². The van der Waals surface area contributed by atoms with Crippen molar-refractivity contribution in [2.45, 2.75) is 42.4 Å². The van der Waals surface area contributed by atoms with Crippen LogP contribution >= 0.6 is 0 Å². The van der Waals surface area contributed by atoms with E-state index in [0.717, 1.165) is 37.9 Å². The summed E-state index contributed by atoms with van der Waals surface area (Å²) >= 11 is 0. The van der Waals surface area contributed by atoms with Gasteiger partial charge in [-0.1, -0.05) is 12.5 Å². The Balaban J connectivity index is 2.03. The fourth-order valence-corrected chi connectivity index (χ4v) is 8.93. The first-order chi connectivity index (χ1) is 11.7. The number of rotatable bonds is 4. The van der Waals surface area contributed by atoms with Crippen LogP contribution in [-0.4, -0.2) is 64.7 Å². The maximum Gasteiger partial charge on any atom is 0.187 e. The average molecular weight is 388 g/mol. The number of methoxy groups -OCH3 is 1. The van der Waals surface area contributed by atoms with E-state index in [1.54, 1.807) is 18.2 Å². The fraction of sp³-hybridized carbons (Fsp3) is 0.647. The van der Waals surface area contributed by atoms with Crippen LogP contribution in [0.1, 0.15) is 24.8 Å². The molecule has 0 aliphatic carbocycles. The molecule has 2 fully saturated rings. The molecule has 1 aromatic carbocycles. The van der Waals surface area contributed by atoms with Crippen molar-refractivity contribution in [3.05, 3.63) is 23.8 Å². The van der Waals surface area contributed by atoms with Crippen molar-refractivity contribution in [3.63, 3.8) is 0 Å². The van der Waals surface area contributed by atoms with Crippen LogP contribution in [0.3, 0.4) is 0 Å². The second kappa shape index (κ2) is 6.89. The average Bonchev–Trinajstić information content (AvgIpc) is 2.92. The molecule has 0 amide bonds. The van der Waals surface area contributed by atoms with Gasteiger partial charge in [0.2, 0.25) is 0 Å². The van der Waals surface area contributed by atoms with Gasteiger partial charge in [0.05, 0.1) is 23.9 Å². The van der Waals surface area contributed by atoms with Crippen LogP contribution in [0, 0.1) is 6.92 Å². The van der Waals surface area contributed by atoms with Crippen molar-refractivity contribution < 1.29 is 21.6 Å². The van der Waals surface area contributed by atoms with E-state index < -0.39 is 31.0 Å². The van der Waals surface area contributed by atoms with Gasteiger partial charge in [-0.05, 0) is 50.6 Å².